The van der Waals surface area contributed by atoms with Crippen molar-refractivity contribution in [1.29, 1.82) is 0 Å². The van der Waals surface area contributed by atoms with Gasteiger partial charge in [-0.05, 0) is 83.3 Å². The van der Waals surface area contributed by atoms with Gasteiger partial charge in [-0.3, -0.25) is 9.80 Å². The minimum Gasteiger partial charge on any atom is -0.382 e. The maximum atomic E-state index is 6.59. The molecule has 0 atom stereocenters. The molecule has 1 aliphatic rings. The molecule has 1 aliphatic heterocycles. The maximum absolute atomic E-state index is 6.59. The van der Waals surface area contributed by atoms with E-state index in [1.165, 1.54) is 33.4 Å². The Hall–Kier alpha value is -3.66. The van der Waals surface area contributed by atoms with Gasteiger partial charge in [0, 0.05) is 23.8 Å². The highest BCUT2D eigenvalue weighted by Gasteiger charge is 2.22. The van der Waals surface area contributed by atoms with Crippen LogP contribution in [0.4, 0.5) is 11.4 Å². The van der Waals surface area contributed by atoms with Gasteiger partial charge in [-0.2, -0.15) is 0 Å². The van der Waals surface area contributed by atoms with Gasteiger partial charge < -0.3 is 11.5 Å². The first-order valence-electron chi connectivity index (χ1n) is 12.0. The summed E-state index contributed by atoms with van der Waals surface area (Å²) in [6.07, 6.45) is 3.97. The zero-order valence-electron chi connectivity index (χ0n) is 21.1. The number of hydrogen-bond acceptors (Lipinski definition) is 4. The van der Waals surface area contributed by atoms with Crippen molar-refractivity contribution in [3.05, 3.63) is 107 Å². The molecular formula is C30H36N4. The molecule has 0 aromatic heterocycles. The third kappa shape index (κ3) is 4.41. The van der Waals surface area contributed by atoms with Crippen LogP contribution in [-0.4, -0.2) is 0 Å². The molecule has 4 N–H and O–H groups in total. The molecule has 0 spiro atoms. The lowest BCUT2D eigenvalue weighted by Crippen LogP contribution is -2.37. The largest absolute Gasteiger partial charge is 0.382 e. The number of aryl methyl sites for hydroxylation is 2. The fraction of sp³-hybridized carbons (Fsp3) is 0.267. The van der Waals surface area contributed by atoms with E-state index in [2.05, 4.69) is 102 Å². The van der Waals surface area contributed by atoms with E-state index in [1.54, 1.807) is 0 Å². The Balaban J connectivity index is 1.76. The smallest absolute Gasteiger partial charge is 0.149 e. The summed E-state index contributed by atoms with van der Waals surface area (Å²) in [5.41, 5.74) is 22.8. The summed E-state index contributed by atoms with van der Waals surface area (Å²) in [6, 6.07) is 21.6. The molecule has 0 saturated heterocycles. The Bertz CT molecular complexity index is 1220. The van der Waals surface area contributed by atoms with Crippen LogP contribution in [0.5, 0.6) is 0 Å². The van der Waals surface area contributed by atoms with E-state index in [0.29, 0.717) is 23.5 Å². The van der Waals surface area contributed by atoms with Gasteiger partial charge in [-0.15, -0.1) is 0 Å². The lowest BCUT2D eigenvalue weighted by Gasteiger charge is -2.32. The second-order valence-electron chi connectivity index (χ2n) is 9.83. The van der Waals surface area contributed by atoms with E-state index in [-0.39, 0.29) is 0 Å². The topological polar surface area (TPSA) is 58.5 Å². The predicted octanol–water partition coefficient (Wildman–Crippen LogP) is 7.06. The molecule has 0 amide bonds. The number of rotatable bonds is 5. The number of hydrogen-bond donors (Lipinski definition) is 2. The minimum atomic E-state index is 0.430. The van der Waals surface area contributed by atoms with Crippen LogP contribution in [0.2, 0.25) is 0 Å². The monoisotopic (exact) mass is 452 g/mol. The molecule has 0 bridgehead atoms. The van der Waals surface area contributed by atoms with Crippen LogP contribution >= 0.6 is 0 Å². The number of nitrogens with zero attached hydrogens (tertiary/aromatic N) is 2. The Morgan fingerprint density at radius 1 is 0.618 bits per heavy atom. The van der Waals surface area contributed by atoms with Gasteiger partial charge in [0.15, 0.2) is 0 Å². The summed E-state index contributed by atoms with van der Waals surface area (Å²) in [5.74, 6) is 1.89. The van der Waals surface area contributed by atoms with Gasteiger partial charge in [-0.25, -0.2) is 0 Å². The van der Waals surface area contributed by atoms with Crippen molar-refractivity contribution in [1.82, 2.24) is 0 Å². The first kappa shape index (κ1) is 23.5. The van der Waals surface area contributed by atoms with Crippen LogP contribution in [0, 0.1) is 13.8 Å². The molecule has 0 unspecified atom stereocenters. The second-order valence-corrected chi connectivity index (χ2v) is 9.83. The van der Waals surface area contributed by atoms with Gasteiger partial charge in [0.1, 0.15) is 11.6 Å². The van der Waals surface area contributed by atoms with Gasteiger partial charge in [0.05, 0.1) is 0 Å². The van der Waals surface area contributed by atoms with E-state index in [0.717, 1.165) is 11.4 Å². The molecule has 0 saturated carbocycles. The lowest BCUT2D eigenvalue weighted by atomic mass is 9.85. The zero-order valence-corrected chi connectivity index (χ0v) is 21.1. The molecule has 4 rings (SSSR count). The van der Waals surface area contributed by atoms with Crippen molar-refractivity contribution in [2.75, 3.05) is 9.80 Å². The summed E-state index contributed by atoms with van der Waals surface area (Å²) in [6.45, 7) is 13.2. The molecule has 34 heavy (non-hydrogen) atoms. The molecule has 0 fully saturated rings. The number of benzene rings is 3. The first-order valence-corrected chi connectivity index (χ1v) is 12.0. The summed E-state index contributed by atoms with van der Waals surface area (Å²) in [5, 5.41) is 0. The summed E-state index contributed by atoms with van der Waals surface area (Å²) in [4.78, 5) is 3.91. The average molecular weight is 453 g/mol. The van der Waals surface area contributed by atoms with Crippen molar-refractivity contribution in [3.8, 4) is 11.1 Å². The number of anilines is 2. The highest BCUT2D eigenvalue weighted by atomic mass is 15.3. The molecule has 4 nitrogen and oxygen atoms in total. The van der Waals surface area contributed by atoms with Gasteiger partial charge in [-0.1, -0.05) is 64.1 Å². The van der Waals surface area contributed by atoms with Crippen LogP contribution in [-0.2, 0) is 0 Å². The van der Waals surface area contributed by atoms with Crippen LogP contribution in [0.15, 0.2) is 84.7 Å². The SMILES string of the molecule is Cc1cc(C)cc(N2C=CN(c3cccc(-c4c(C(C)C)cccc4C(C)C)c3)C(N)=C2N)c1. The average Bonchev–Trinajstić information content (AvgIpc) is 2.79. The van der Waals surface area contributed by atoms with Crippen LogP contribution in [0.3, 0.4) is 0 Å². The normalized spacial score (nSPS) is 14.0. The van der Waals surface area contributed by atoms with E-state index in [4.69, 9.17) is 11.5 Å². The zero-order chi connectivity index (χ0) is 24.6. The Morgan fingerprint density at radius 2 is 1.12 bits per heavy atom. The molecular weight excluding hydrogens is 416 g/mol. The maximum Gasteiger partial charge on any atom is 0.149 e. The Morgan fingerprint density at radius 3 is 1.65 bits per heavy atom. The van der Waals surface area contributed by atoms with Gasteiger partial charge >= 0.3 is 0 Å². The summed E-state index contributed by atoms with van der Waals surface area (Å²) >= 11 is 0. The third-order valence-electron chi connectivity index (χ3n) is 6.42. The fourth-order valence-electron chi connectivity index (χ4n) is 4.78. The Kier molecular flexibility index (Phi) is 6.43. The predicted molar refractivity (Wildman–Crippen MR) is 145 cm³/mol. The Labute approximate surface area is 204 Å². The molecule has 176 valence electrons. The van der Waals surface area contributed by atoms with E-state index in [9.17, 15) is 0 Å². The van der Waals surface area contributed by atoms with Crippen LogP contribution in [0.1, 0.15) is 61.8 Å². The molecule has 3 aromatic carbocycles. The van der Waals surface area contributed by atoms with Crippen molar-refractivity contribution in [3.63, 3.8) is 0 Å². The van der Waals surface area contributed by atoms with E-state index < -0.39 is 0 Å². The molecule has 3 aromatic rings. The fourth-order valence-corrected chi connectivity index (χ4v) is 4.78. The van der Waals surface area contributed by atoms with Gasteiger partial charge in [0.2, 0.25) is 0 Å². The van der Waals surface area contributed by atoms with Crippen molar-refractivity contribution in [2.24, 2.45) is 11.5 Å². The molecule has 4 heteroatoms. The summed E-state index contributed by atoms with van der Waals surface area (Å²) < 4.78 is 0. The standard InChI is InChI=1S/C30H36N4/c1-19(2)26-11-8-12-27(20(3)4)28(26)23-9-7-10-24(18-23)33-13-14-34(30(32)29(33)31)25-16-21(5)15-22(6)17-25/h7-20H,31-32H2,1-6H3. The molecule has 0 aliphatic carbocycles. The second kappa shape index (κ2) is 9.30. The van der Waals surface area contributed by atoms with Crippen molar-refractivity contribution >= 4 is 11.4 Å². The molecule has 1 heterocycles. The minimum absolute atomic E-state index is 0.430. The van der Waals surface area contributed by atoms with Crippen LogP contribution in [0.25, 0.3) is 11.1 Å². The lowest BCUT2D eigenvalue weighted by molar-refractivity contribution is 0.838. The first-order chi connectivity index (χ1) is 16.2. The molecule has 0 radical (unpaired) electrons. The van der Waals surface area contributed by atoms with Crippen molar-refractivity contribution < 1.29 is 0 Å². The highest BCUT2D eigenvalue weighted by molar-refractivity contribution is 5.77. The van der Waals surface area contributed by atoms with Gasteiger partial charge in [0.25, 0.3) is 0 Å². The highest BCUT2D eigenvalue weighted by Crippen LogP contribution is 2.38. The summed E-state index contributed by atoms with van der Waals surface area (Å²) in [7, 11) is 0. The van der Waals surface area contributed by atoms with E-state index in [1.807, 2.05) is 22.2 Å². The van der Waals surface area contributed by atoms with E-state index >= 15 is 0 Å². The quantitative estimate of drug-likeness (QED) is 0.435. The van der Waals surface area contributed by atoms with Crippen molar-refractivity contribution in [2.45, 2.75) is 53.4 Å². The van der Waals surface area contributed by atoms with Crippen LogP contribution < -0.4 is 21.3 Å². The third-order valence-corrected chi connectivity index (χ3v) is 6.42. The number of nitrogens with two attached hydrogens (primary N) is 2.